The second-order valence-electron chi connectivity index (χ2n) is 6.51. The Morgan fingerprint density at radius 2 is 1.72 bits per heavy atom. The molecule has 4 rings (SSSR count). The van der Waals surface area contributed by atoms with E-state index in [0.29, 0.717) is 11.3 Å². The van der Waals surface area contributed by atoms with Crippen LogP contribution in [0, 0.1) is 0 Å². The number of rotatable bonds is 2. The van der Waals surface area contributed by atoms with Crippen LogP contribution in [0.5, 0.6) is 23.3 Å². The van der Waals surface area contributed by atoms with E-state index in [0.717, 1.165) is 9.13 Å². The molecule has 2 aromatic heterocycles. The highest BCUT2D eigenvalue weighted by molar-refractivity contribution is 5.61. The fraction of sp³-hybridized carbons (Fsp3) is 0.222. The number of aromatic hydroxyl groups is 1. The van der Waals surface area contributed by atoms with Crippen LogP contribution in [-0.4, -0.2) is 31.3 Å². The molecule has 150 valence electrons. The first-order valence-corrected chi connectivity index (χ1v) is 8.46. The average Bonchev–Trinajstić information content (AvgIpc) is 2.69. The van der Waals surface area contributed by atoms with Crippen LogP contribution in [0.3, 0.4) is 0 Å². The zero-order valence-corrected chi connectivity index (χ0v) is 15.6. The molecule has 0 fully saturated rings. The van der Waals surface area contributed by atoms with Gasteiger partial charge in [0.2, 0.25) is 11.8 Å². The van der Waals surface area contributed by atoms with Crippen LogP contribution >= 0.6 is 0 Å². The lowest BCUT2D eigenvalue weighted by Crippen LogP contribution is -2.39. The molecule has 0 saturated carbocycles. The number of H-pyrrole nitrogens is 2. The fourth-order valence-corrected chi connectivity index (χ4v) is 3.43. The molecule has 1 aromatic carbocycles. The molecule has 0 saturated heterocycles. The maximum atomic E-state index is 12.9. The second kappa shape index (κ2) is 6.26. The van der Waals surface area contributed by atoms with Gasteiger partial charge in [0.25, 0.3) is 11.1 Å². The van der Waals surface area contributed by atoms with E-state index in [9.17, 15) is 24.3 Å². The van der Waals surface area contributed by atoms with Crippen molar-refractivity contribution < 1.29 is 14.6 Å². The Labute approximate surface area is 161 Å². The van der Waals surface area contributed by atoms with Gasteiger partial charge in [-0.05, 0) is 6.07 Å². The Hall–Kier alpha value is -4.02. The lowest BCUT2D eigenvalue weighted by atomic mass is 9.84. The zero-order chi connectivity index (χ0) is 21.0. The van der Waals surface area contributed by atoms with Crippen molar-refractivity contribution in [3.8, 4) is 23.3 Å². The van der Waals surface area contributed by atoms with Gasteiger partial charge < -0.3 is 14.6 Å². The topological polar surface area (TPSA) is 148 Å². The van der Waals surface area contributed by atoms with Gasteiger partial charge in [-0.2, -0.15) is 0 Å². The summed E-state index contributed by atoms with van der Waals surface area (Å²) in [7, 11) is 3.95. The molecule has 11 nitrogen and oxygen atoms in total. The molecule has 0 spiro atoms. The smallest absolute Gasteiger partial charge is 0.330 e. The summed E-state index contributed by atoms with van der Waals surface area (Å²) in [6.07, 6.45) is 0. The highest BCUT2D eigenvalue weighted by Gasteiger charge is 2.38. The van der Waals surface area contributed by atoms with Gasteiger partial charge in [-0.25, -0.2) is 9.59 Å². The lowest BCUT2D eigenvalue weighted by Gasteiger charge is -2.28. The number of aromatic amines is 2. The number of methoxy groups -OCH3 is 1. The summed E-state index contributed by atoms with van der Waals surface area (Å²) in [6, 6.07) is 4.83. The molecule has 1 aliphatic rings. The standard InChI is InChI=1S/C18H16N4O7/c1-21-15(24)10(13(23)19-17(21)26)9-7-5-4-6-8(28-3)12(7)29-14-11(9)16(25)22(2)18(27)20-14/h4-6,9,24H,1-3H3,(H,20,27)(H,19,23,26). The number of fused-ring (bicyclic) bond motifs is 2. The average molecular weight is 400 g/mol. The number of benzene rings is 1. The summed E-state index contributed by atoms with van der Waals surface area (Å²) >= 11 is 0. The van der Waals surface area contributed by atoms with E-state index in [1.807, 2.05) is 0 Å². The number of hydrogen-bond donors (Lipinski definition) is 3. The third kappa shape index (κ3) is 2.51. The molecular weight excluding hydrogens is 384 g/mol. The van der Waals surface area contributed by atoms with Gasteiger partial charge in [0.05, 0.1) is 24.2 Å². The van der Waals surface area contributed by atoms with Crippen molar-refractivity contribution in [1.82, 2.24) is 19.1 Å². The van der Waals surface area contributed by atoms with Gasteiger partial charge in [-0.1, -0.05) is 12.1 Å². The molecule has 1 aliphatic heterocycles. The molecule has 3 N–H and O–H groups in total. The molecule has 1 unspecified atom stereocenters. The van der Waals surface area contributed by atoms with E-state index in [2.05, 4.69) is 9.97 Å². The van der Waals surface area contributed by atoms with Gasteiger partial charge >= 0.3 is 11.4 Å². The maximum Gasteiger partial charge on any atom is 0.330 e. The van der Waals surface area contributed by atoms with Crippen LogP contribution < -0.4 is 32.0 Å². The first-order valence-electron chi connectivity index (χ1n) is 8.46. The molecule has 0 bridgehead atoms. The van der Waals surface area contributed by atoms with Gasteiger partial charge in [-0.3, -0.25) is 28.7 Å². The van der Waals surface area contributed by atoms with Crippen molar-refractivity contribution in [2.75, 3.05) is 7.11 Å². The van der Waals surface area contributed by atoms with Crippen LogP contribution in [0.4, 0.5) is 0 Å². The number of aromatic nitrogens is 4. The van der Waals surface area contributed by atoms with Crippen molar-refractivity contribution in [1.29, 1.82) is 0 Å². The summed E-state index contributed by atoms with van der Waals surface area (Å²) in [5.41, 5.74) is -3.07. The summed E-state index contributed by atoms with van der Waals surface area (Å²) in [5, 5.41) is 10.6. The van der Waals surface area contributed by atoms with Crippen molar-refractivity contribution in [2.24, 2.45) is 14.1 Å². The zero-order valence-electron chi connectivity index (χ0n) is 15.6. The summed E-state index contributed by atoms with van der Waals surface area (Å²) in [5.74, 6) is -1.45. The van der Waals surface area contributed by atoms with Crippen LogP contribution in [0.25, 0.3) is 0 Å². The van der Waals surface area contributed by atoms with Crippen LogP contribution in [0.2, 0.25) is 0 Å². The van der Waals surface area contributed by atoms with Gasteiger partial charge in [-0.15, -0.1) is 0 Å². The van der Waals surface area contributed by atoms with Gasteiger partial charge in [0, 0.05) is 19.7 Å². The minimum absolute atomic E-state index is 0.0627. The Morgan fingerprint density at radius 1 is 1.03 bits per heavy atom. The normalized spacial score (nSPS) is 14.7. The fourth-order valence-electron chi connectivity index (χ4n) is 3.43. The summed E-state index contributed by atoms with van der Waals surface area (Å²) < 4.78 is 12.7. The Bertz CT molecular complexity index is 1390. The van der Waals surface area contributed by atoms with E-state index in [1.54, 1.807) is 18.2 Å². The number of nitrogens with zero attached hydrogens (tertiary/aromatic N) is 2. The summed E-state index contributed by atoms with van der Waals surface area (Å²) in [4.78, 5) is 54.1. The first-order chi connectivity index (χ1) is 13.8. The lowest BCUT2D eigenvalue weighted by molar-refractivity contribution is 0.357. The number of ether oxygens (including phenoxy) is 2. The Balaban J connectivity index is 2.19. The minimum Gasteiger partial charge on any atom is -0.494 e. The molecule has 0 amide bonds. The molecular formula is C18H16N4O7. The molecule has 3 heterocycles. The quantitative estimate of drug-likeness (QED) is 0.409. The van der Waals surface area contributed by atoms with E-state index >= 15 is 0 Å². The van der Waals surface area contributed by atoms with Crippen LogP contribution in [-0.2, 0) is 14.1 Å². The first kappa shape index (κ1) is 18.3. The van der Waals surface area contributed by atoms with Crippen molar-refractivity contribution >= 4 is 0 Å². The Morgan fingerprint density at radius 3 is 2.41 bits per heavy atom. The maximum absolute atomic E-state index is 12.9. The number of nitrogens with one attached hydrogen (secondary N) is 2. The SMILES string of the molecule is COc1cccc2c1Oc1[nH]c(=O)n(C)c(=O)c1C2c1c(O)n(C)c(=O)[nH]c1=O. The largest absolute Gasteiger partial charge is 0.494 e. The third-order valence-electron chi connectivity index (χ3n) is 4.95. The predicted octanol–water partition coefficient (Wildman–Crippen LogP) is -0.539. The van der Waals surface area contributed by atoms with Crippen molar-refractivity contribution in [2.45, 2.75) is 5.92 Å². The van der Waals surface area contributed by atoms with Crippen LogP contribution in [0.15, 0.2) is 37.4 Å². The van der Waals surface area contributed by atoms with Gasteiger partial charge in [0.1, 0.15) is 0 Å². The molecule has 0 aliphatic carbocycles. The number of hydrogen-bond acceptors (Lipinski definition) is 7. The van der Waals surface area contributed by atoms with E-state index in [-0.39, 0.29) is 22.8 Å². The third-order valence-corrected chi connectivity index (χ3v) is 4.95. The second-order valence-corrected chi connectivity index (χ2v) is 6.51. The summed E-state index contributed by atoms with van der Waals surface area (Å²) in [6.45, 7) is 0. The van der Waals surface area contributed by atoms with E-state index in [4.69, 9.17) is 9.47 Å². The number of para-hydroxylation sites is 1. The van der Waals surface area contributed by atoms with Crippen molar-refractivity contribution in [3.63, 3.8) is 0 Å². The molecule has 3 aromatic rings. The minimum atomic E-state index is -1.13. The highest BCUT2D eigenvalue weighted by atomic mass is 16.5. The van der Waals surface area contributed by atoms with Gasteiger partial charge in [0.15, 0.2) is 11.5 Å². The molecule has 29 heavy (non-hydrogen) atoms. The molecule has 1 atom stereocenters. The van der Waals surface area contributed by atoms with E-state index in [1.165, 1.54) is 21.2 Å². The van der Waals surface area contributed by atoms with Crippen LogP contribution in [0.1, 0.15) is 22.6 Å². The highest BCUT2D eigenvalue weighted by Crippen LogP contribution is 2.48. The Kier molecular flexibility index (Phi) is 3.96. The molecule has 11 heteroatoms. The molecule has 0 radical (unpaired) electrons. The van der Waals surface area contributed by atoms with Crippen molar-refractivity contribution in [3.05, 3.63) is 76.6 Å². The monoisotopic (exact) mass is 400 g/mol. The van der Waals surface area contributed by atoms with E-state index < -0.39 is 34.3 Å². The predicted molar refractivity (Wildman–Crippen MR) is 100 cm³/mol.